The minimum absolute atomic E-state index is 0. The second-order valence-corrected chi connectivity index (χ2v) is 18.5. The van der Waals surface area contributed by atoms with Crippen LogP contribution in [0.4, 0.5) is 0 Å². The highest BCUT2D eigenvalue weighted by atomic mass is 16.5. The molecule has 12 atom stereocenters. The zero-order chi connectivity index (χ0) is 36.5. The molecule has 0 aromatic heterocycles. The number of hydrogen-bond acceptors (Lipinski definition) is 8. The van der Waals surface area contributed by atoms with Crippen molar-refractivity contribution >= 4 is 11.9 Å². The molecule has 0 bridgehead atoms. The summed E-state index contributed by atoms with van der Waals surface area (Å²) in [6.07, 6.45) is 6.59. The summed E-state index contributed by atoms with van der Waals surface area (Å²) in [6.45, 7) is 20.7. The van der Waals surface area contributed by atoms with Gasteiger partial charge in [0.05, 0.1) is 42.4 Å². The molecule has 0 aliphatic heterocycles. The lowest BCUT2D eigenvalue weighted by Gasteiger charge is -2.72. The normalized spacial score (nSPS) is 44.3. The molecular weight excluding hydrogens is 644 g/mol. The summed E-state index contributed by atoms with van der Waals surface area (Å²) >= 11 is 0. The fraction of sp³-hybridized carbons (Fsp3) is 0.860. The summed E-state index contributed by atoms with van der Waals surface area (Å²) in [5.74, 6) is -0.777. The molecule has 294 valence electrons. The van der Waals surface area contributed by atoms with Crippen LogP contribution in [0.3, 0.4) is 0 Å². The smallest absolute Gasteiger partial charge is 0.333 e. The highest BCUT2D eigenvalue weighted by Crippen LogP contribution is 2.75. The summed E-state index contributed by atoms with van der Waals surface area (Å²) in [7, 11) is 0. The van der Waals surface area contributed by atoms with E-state index in [2.05, 4.69) is 33.8 Å². The van der Waals surface area contributed by atoms with Gasteiger partial charge in [-0.2, -0.15) is 0 Å². The molecule has 0 heterocycles. The van der Waals surface area contributed by atoms with E-state index in [1.165, 1.54) is 5.57 Å². The van der Waals surface area contributed by atoms with Gasteiger partial charge < -0.3 is 29.9 Å². The molecule has 3 unspecified atom stereocenters. The van der Waals surface area contributed by atoms with E-state index in [1.54, 1.807) is 13.0 Å². The van der Waals surface area contributed by atoms with Crippen LogP contribution in [-0.4, -0.2) is 70.0 Å². The first-order valence-electron chi connectivity index (χ1n) is 19.1. The van der Waals surface area contributed by atoms with E-state index in [0.29, 0.717) is 37.7 Å². The van der Waals surface area contributed by atoms with E-state index in [0.717, 1.165) is 25.7 Å². The van der Waals surface area contributed by atoms with Gasteiger partial charge in [0, 0.05) is 11.0 Å². The lowest BCUT2D eigenvalue weighted by molar-refractivity contribution is -0.261. The fourth-order valence-electron chi connectivity index (χ4n) is 12.3. The van der Waals surface area contributed by atoms with Crippen LogP contribution < -0.4 is 0 Å². The summed E-state index contributed by atoms with van der Waals surface area (Å²) < 4.78 is 11.9. The van der Waals surface area contributed by atoms with Gasteiger partial charge in [0.2, 0.25) is 0 Å². The zero-order valence-electron chi connectivity index (χ0n) is 32.0. The maximum absolute atomic E-state index is 13.2. The van der Waals surface area contributed by atoms with E-state index in [9.17, 15) is 30.0 Å². The summed E-state index contributed by atoms with van der Waals surface area (Å²) in [6, 6.07) is 0. The first-order chi connectivity index (χ1) is 22.7. The number of aliphatic hydroxyl groups is 4. The predicted molar refractivity (Wildman–Crippen MR) is 202 cm³/mol. The van der Waals surface area contributed by atoms with Crippen molar-refractivity contribution in [2.45, 2.75) is 166 Å². The molecule has 51 heavy (non-hydrogen) atoms. The molecule has 4 saturated carbocycles. The largest absolute Gasteiger partial charge is 0.465 e. The lowest BCUT2D eigenvalue weighted by Crippen LogP contribution is -2.72. The van der Waals surface area contributed by atoms with Crippen molar-refractivity contribution in [1.29, 1.82) is 0 Å². The Morgan fingerprint density at radius 1 is 0.863 bits per heavy atom. The first kappa shape index (κ1) is 43.7. The van der Waals surface area contributed by atoms with Crippen molar-refractivity contribution in [2.24, 2.45) is 56.2 Å². The van der Waals surface area contributed by atoms with Gasteiger partial charge in [0.25, 0.3) is 0 Å². The Bertz CT molecular complexity index is 1350. The lowest BCUT2D eigenvalue weighted by atomic mass is 9.33. The van der Waals surface area contributed by atoms with Gasteiger partial charge in [0.1, 0.15) is 6.61 Å². The summed E-state index contributed by atoms with van der Waals surface area (Å²) in [4.78, 5) is 25.9. The number of carbonyl (C=O) groups is 2. The molecule has 0 aromatic carbocycles. The van der Waals surface area contributed by atoms with Crippen LogP contribution >= 0.6 is 0 Å². The number of fused-ring (bicyclic) bond motifs is 7. The van der Waals surface area contributed by atoms with E-state index >= 15 is 0 Å². The van der Waals surface area contributed by atoms with Gasteiger partial charge in [-0.25, -0.2) is 4.79 Å². The number of allylic oxidation sites excluding steroid dienone is 3. The molecule has 8 nitrogen and oxygen atoms in total. The highest BCUT2D eigenvalue weighted by molar-refractivity contribution is 5.87. The number of carbonyl (C=O) groups excluding carboxylic acids is 2. The third-order valence-electron chi connectivity index (χ3n) is 16.0. The van der Waals surface area contributed by atoms with Crippen LogP contribution in [0.1, 0.15) is 142 Å². The van der Waals surface area contributed by atoms with Crippen molar-refractivity contribution in [3.63, 3.8) is 0 Å². The van der Waals surface area contributed by atoms with E-state index in [-0.39, 0.29) is 74.5 Å². The molecule has 0 radical (unpaired) electrons. The van der Waals surface area contributed by atoms with E-state index < -0.39 is 46.1 Å². The van der Waals surface area contributed by atoms with Crippen molar-refractivity contribution in [3.8, 4) is 0 Å². The van der Waals surface area contributed by atoms with E-state index in [1.807, 2.05) is 34.6 Å². The number of esters is 2. The van der Waals surface area contributed by atoms with Gasteiger partial charge in [0.15, 0.2) is 0 Å². The number of hydrogen-bond donors (Lipinski definition) is 4. The van der Waals surface area contributed by atoms with Gasteiger partial charge in [-0.05, 0) is 111 Å². The van der Waals surface area contributed by atoms with Crippen LogP contribution in [0.15, 0.2) is 23.3 Å². The topological polar surface area (TPSA) is 134 Å². The van der Waals surface area contributed by atoms with Gasteiger partial charge in [-0.1, -0.05) is 88.0 Å². The van der Waals surface area contributed by atoms with Crippen molar-refractivity contribution in [2.75, 3.05) is 13.2 Å². The zero-order valence-corrected chi connectivity index (χ0v) is 32.0. The summed E-state index contributed by atoms with van der Waals surface area (Å²) in [5.41, 5.74) is -1.37. The first-order valence-corrected chi connectivity index (χ1v) is 19.1. The number of aliphatic hydroxyl groups excluding tert-OH is 4. The molecule has 0 saturated heterocycles. The maximum Gasteiger partial charge on any atom is 0.333 e. The van der Waals surface area contributed by atoms with Crippen LogP contribution in [0.25, 0.3) is 0 Å². The second-order valence-electron chi connectivity index (χ2n) is 18.5. The molecule has 4 fully saturated rings. The van der Waals surface area contributed by atoms with Crippen molar-refractivity contribution < 1.29 is 39.5 Å². The fourth-order valence-corrected chi connectivity index (χ4v) is 12.3. The van der Waals surface area contributed by atoms with Crippen LogP contribution in [0.5, 0.6) is 0 Å². The average molecular weight is 719 g/mol. The molecule has 5 aliphatic carbocycles. The monoisotopic (exact) mass is 719 g/mol. The standard InChI is InChI=1S/C41H66O8.2CH4/c1-11-24(4)34(46)48-22-38(8)28-16-19-39(9)29(37(28,7)18-17-30(38)42)15-14-26-27-20-36(5,6)32(44)33(45)41(27,31(43)21-40(26,39)10)23-49-35(47)25(12-2)13-3;;/h11,14,25,27-33,42-45H,12-13,15-23H2,1-10H3;2*1H4/b24-11+;;/t27?,28?,29?,30-,31+,32-,33-,37-,38+,39+,40+,41-;;/m0../s1. The Hall–Kier alpha value is -1.74. The van der Waals surface area contributed by atoms with Gasteiger partial charge in [-0.3, -0.25) is 4.79 Å². The number of rotatable bonds is 8. The van der Waals surface area contributed by atoms with Crippen LogP contribution in [0.2, 0.25) is 0 Å². The molecule has 0 spiro atoms. The quantitative estimate of drug-likeness (QED) is 0.114. The minimum Gasteiger partial charge on any atom is -0.465 e. The SMILES string of the molecule is C.C.C/C=C(\C)C(=O)OC[C@]1(C)C2CC[C@]3(C)C(CC=C4C5CC(C)(C)[C@@H](O)[C@H](O)[C@]5(COC(=O)C(CC)CC)[C@H](O)C[C@]43C)[C@@]2(C)CC[C@@H]1O. The van der Waals surface area contributed by atoms with Gasteiger partial charge in [-0.15, -0.1) is 0 Å². The Morgan fingerprint density at radius 3 is 2.08 bits per heavy atom. The average Bonchev–Trinajstić information content (AvgIpc) is 3.04. The molecular formula is C43H74O8. The summed E-state index contributed by atoms with van der Waals surface area (Å²) in [5, 5.41) is 47.4. The Kier molecular flexibility index (Phi) is 12.7. The van der Waals surface area contributed by atoms with E-state index in [4.69, 9.17) is 9.47 Å². The van der Waals surface area contributed by atoms with Crippen LogP contribution in [0, 0.1) is 56.2 Å². The molecule has 5 aliphatic rings. The minimum atomic E-state index is -1.26. The molecule has 8 heteroatoms. The Morgan fingerprint density at radius 2 is 1.49 bits per heavy atom. The van der Waals surface area contributed by atoms with Crippen molar-refractivity contribution in [1.82, 2.24) is 0 Å². The Balaban J connectivity index is 0.00000351. The third-order valence-corrected chi connectivity index (χ3v) is 16.0. The molecule has 5 rings (SSSR count). The van der Waals surface area contributed by atoms with Gasteiger partial charge >= 0.3 is 11.9 Å². The molecule has 4 N–H and O–H groups in total. The Labute approximate surface area is 309 Å². The number of ether oxygens (including phenoxy) is 2. The van der Waals surface area contributed by atoms with Crippen LogP contribution in [-0.2, 0) is 19.1 Å². The third kappa shape index (κ3) is 6.28. The molecule has 0 aromatic rings. The second kappa shape index (κ2) is 14.8. The highest BCUT2D eigenvalue weighted by Gasteiger charge is 2.72. The predicted octanol–water partition coefficient (Wildman–Crippen LogP) is 7.80. The van der Waals surface area contributed by atoms with Crippen molar-refractivity contribution in [3.05, 3.63) is 23.3 Å². The maximum atomic E-state index is 13.2. The molecule has 0 amide bonds.